The molecule has 4 N–H and O–H groups in total. The van der Waals surface area contributed by atoms with Gasteiger partial charge in [0.25, 0.3) is 0 Å². The summed E-state index contributed by atoms with van der Waals surface area (Å²) in [7, 11) is 1.95. The fraction of sp³-hybridized carbons (Fsp3) is 0.0698. The smallest absolute Gasteiger partial charge is 0.128 e. The van der Waals surface area contributed by atoms with Gasteiger partial charge in [-0.25, -0.2) is 0 Å². The summed E-state index contributed by atoms with van der Waals surface area (Å²) < 4.78 is 0. The van der Waals surface area contributed by atoms with Gasteiger partial charge in [-0.15, -0.1) is 0 Å². The summed E-state index contributed by atoms with van der Waals surface area (Å²) in [6.45, 7) is 0.743. The van der Waals surface area contributed by atoms with Gasteiger partial charge in [-0.3, -0.25) is 4.90 Å². The van der Waals surface area contributed by atoms with Gasteiger partial charge in [-0.1, -0.05) is 109 Å². The van der Waals surface area contributed by atoms with Gasteiger partial charge in [0.1, 0.15) is 23.0 Å². The van der Waals surface area contributed by atoms with E-state index in [1.165, 1.54) is 0 Å². The number of phenolic OH excluding ortho intramolecular Hbond substituents is 4. The van der Waals surface area contributed by atoms with Gasteiger partial charge >= 0.3 is 0 Å². The number of rotatable bonds is 6. The van der Waals surface area contributed by atoms with E-state index in [4.69, 9.17) is 0 Å². The van der Waals surface area contributed by atoms with Crippen LogP contribution in [0.3, 0.4) is 0 Å². The highest BCUT2D eigenvalue weighted by atomic mass is 16.3. The quantitative estimate of drug-likeness (QED) is 0.147. The third-order valence-corrected chi connectivity index (χ3v) is 9.40. The van der Waals surface area contributed by atoms with Crippen molar-refractivity contribution in [3.8, 4) is 45.3 Å². The summed E-state index contributed by atoms with van der Waals surface area (Å²) in [4.78, 5) is 2.05. The summed E-state index contributed by atoms with van der Waals surface area (Å²) in [5.41, 5.74) is 3.77. The molecular weight excluding hydrogens is 594 g/mol. The Morgan fingerprint density at radius 3 is 1.12 bits per heavy atom. The number of phenols is 4. The first kappa shape index (κ1) is 29.4. The third-order valence-electron chi connectivity index (χ3n) is 9.40. The number of nitrogens with zero attached hydrogens (tertiary/aromatic N) is 1. The van der Waals surface area contributed by atoms with Crippen LogP contribution in [0.1, 0.15) is 11.1 Å². The van der Waals surface area contributed by atoms with Gasteiger partial charge < -0.3 is 20.4 Å². The molecule has 48 heavy (non-hydrogen) atoms. The molecule has 0 spiro atoms. The van der Waals surface area contributed by atoms with E-state index in [9.17, 15) is 20.4 Å². The normalized spacial score (nSPS) is 11.7. The van der Waals surface area contributed by atoms with Crippen LogP contribution < -0.4 is 0 Å². The van der Waals surface area contributed by atoms with Crippen molar-refractivity contribution in [2.75, 3.05) is 7.05 Å². The first-order chi connectivity index (χ1) is 23.4. The molecule has 5 nitrogen and oxygen atoms in total. The van der Waals surface area contributed by atoms with Crippen LogP contribution in [-0.2, 0) is 13.1 Å². The molecule has 0 aromatic heterocycles. The van der Waals surface area contributed by atoms with Crippen LogP contribution in [0.25, 0.3) is 65.3 Å². The van der Waals surface area contributed by atoms with Crippen LogP contribution in [0, 0.1) is 0 Å². The molecule has 0 aliphatic carbocycles. The second-order valence-electron chi connectivity index (χ2n) is 12.5. The lowest BCUT2D eigenvalue weighted by atomic mass is 9.90. The van der Waals surface area contributed by atoms with E-state index in [2.05, 4.69) is 0 Å². The maximum atomic E-state index is 11.9. The van der Waals surface area contributed by atoms with Gasteiger partial charge in [-0.2, -0.15) is 0 Å². The second kappa shape index (κ2) is 11.6. The number of fused-ring (bicyclic) bond motifs is 4. The first-order valence-corrected chi connectivity index (χ1v) is 16.0. The van der Waals surface area contributed by atoms with E-state index in [0.717, 1.165) is 43.1 Å². The van der Waals surface area contributed by atoms with E-state index in [1.807, 2.05) is 133 Å². The van der Waals surface area contributed by atoms with Crippen molar-refractivity contribution < 1.29 is 20.4 Å². The van der Waals surface area contributed by atoms with E-state index in [-0.39, 0.29) is 23.0 Å². The summed E-state index contributed by atoms with van der Waals surface area (Å²) in [5, 5.41) is 53.5. The van der Waals surface area contributed by atoms with Gasteiger partial charge in [0.15, 0.2) is 0 Å². The number of hydrogen-bond donors (Lipinski definition) is 4. The minimum Gasteiger partial charge on any atom is -0.507 e. The predicted octanol–water partition coefficient (Wildman–Crippen LogP) is 10.1. The zero-order valence-electron chi connectivity index (χ0n) is 26.4. The van der Waals surface area contributed by atoms with E-state index >= 15 is 0 Å². The number of aromatic hydroxyl groups is 4. The van der Waals surface area contributed by atoms with Crippen molar-refractivity contribution in [3.63, 3.8) is 0 Å². The summed E-state index contributed by atoms with van der Waals surface area (Å²) in [5.74, 6) is 0.419. The average Bonchev–Trinajstić information content (AvgIpc) is 3.10. The Morgan fingerprint density at radius 1 is 0.396 bits per heavy atom. The summed E-state index contributed by atoms with van der Waals surface area (Å²) in [6.07, 6.45) is 0. The highest BCUT2D eigenvalue weighted by Crippen LogP contribution is 2.48. The predicted molar refractivity (Wildman–Crippen MR) is 196 cm³/mol. The van der Waals surface area contributed by atoms with Crippen molar-refractivity contribution in [2.24, 2.45) is 0 Å². The molecule has 0 atom stereocenters. The van der Waals surface area contributed by atoms with Gasteiger partial charge in [0, 0.05) is 46.5 Å². The largest absolute Gasteiger partial charge is 0.507 e. The molecule has 0 heterocycles. The van der Waals surface area contributed by atoms with Gasteiger partial charge in [-0.05, 0) is 74.4 Å². The van der Waals surface area contributed by atoms with Crippen LogP contribution in [0.2, 0.25) is 0 Å². The van der Waals surface area contributed by atoms with Gasteiger partial charge in [0.2, 0.25) is 0 Å². The van der Waals surface area contributed by atoms with Crippen LogP contribution >= 0.6 is 0 Å². The third kappa shape index (κ3) is 4.84. The molecule has 0 aliphatic rings. The zero-order chi connectivity index (χ0) is 32.9. The van der Waals surface area contributed by atoms with E-state index < -0.39 is 0 Å². The van der Waals surface area contributed by atoms with E-state index in [0.29, 0.717) is 46.5 Å². The Labute approximate surface area is 277 Å². The van der Waals surface area contributed by atoms with Crippen molar-refractivity contribution in [1.29, 1.82) is 0 Å². The van der Waals surface area contributed by atoms with Crippen LogP contribution in [0.5, 0.6) is 23.0 Å². The molecule has 0 amide bonds. The Hall–Kier alpha value is -6.04. The molecule has 0 unspecified atom stereocenters. The zero-order valence-corrected chi connectivity index (χ0v) is 26.4. The molecule has 234 valence electrons. The molecule has 8 aromatic rings. The van der Waals surface area contributed by atoms with E-state index in [1.54, 1.807) is 12.1 Å². The number of benzene rings is 8. The molecule has 8 aromatic carbocycles. The molecule has 0 fully saturated rings. The monoisotopic (exact) mass is 627 g/mol. The van der Waals surface area contributed by atoms with Gasteiger partial charge in [0.05, 0.1) is 0 Å². The summed E-state index contributed by atoms with van der Waals surface area (Å²) >= 11 is 0. The molecule has 0 bridgehead atoms. The average molecular weight is 628 g/mol. The Balaban J connectivity index is 1.24. The fourth-order valence-corrected chi connectivity index (χ4v) is 7.22. The van der Waals surface area contributed by atoms with Crippen molar-refractivity contribution in [3.05, 3.63) is 145 Å². The SMILES string of the molecule is CN(Cc1cc2ccccc2c(-c2c(O)ccc3ccccc23)c1O)Cc1cc2ccccc2c(-c2c(O)ccc3ccccc23)c1O. The standard InChI is InChI=1S/C43H33NO4/c1-44(24-30-22-28-12-4-8-16-34(28)40(42(30)47)38-32-14-6-2-10-26(32)18-20-36(38)45)25-31-23-29-13-5-9-17-35(29)41(43(31)48)39-33-15-7-3-11-27(33)19-21-37(39)46/h2-23,45-48H,24-25H2,1H3. The van der Waals surface area contributed by atoms with Crippen molar-refractivity contribution >= 4 is 43.1 Å². The molecule has 0 radical (unpaired) electrons. The topological polar surface area (TPSA) is 84.2 Å². The minimum absolute atomic E-state index is 0.102. The van der Waals surface area contributed by atoms with Crippen LogP contribution in [0.4, 0.5) is 0 Å². The lowest BCUT2D eigenvalue weighted by molar-refractivity contribution is 0.307. The lowest BCUT2D eigenvalue weighted by Gasteiger charge is -2.23. The Bertz CT molecular complexity index is 2360. The van der Waals surface area contributed by atoms with Crippen molar-refractivity contribution in [1.82, 2.24) is 4.90 Å². The first-order valence-electron chi connectivity index (χ1n) is 16.0. The van der Waals surface area contributed by atoms with Crippen LogP contribution in [-0.4, -0.2) is 32.4 Å². The number of hydrogen-bond acceptors (Lipinski definition) is 5. The van der Waals surface area contributed by atoms with Crippen molar-refractivity contribution in [2.45, 2.75) is 13.1 Å². The second-order valence-corrected chi connectivity index (χ2v) is 12.5. The fourth-order valence-electron chi connectivity index (χ4n) is 7.22. The highest BCUT2D eigenvalue weighted by Gasteiger charge is 2.23. The molecule has 8 rings (SSSR count). The molecule has 0 saturated heterocycles. The Morgan fingerprint density at radius 2 is 0.729 bits per heavy atom. The minimum atomic E-state index is 0.102. The highest BCUT2D eigenvalue weighted by molar-refractivity contribution is 6.11. The van der Waals surface area contributed by atoms with Crippen LogP contribution in [0.15, 0.2) is 133 Å². The lowest BCUT2D eigenvalue weighted by Crippen LogP contribution is -2.17. The molecule has 0 saturated carbocycles. The molecule has 5 heteroatoms. The molecular formula is C43H33NO4. The summed E-state index contributed by atoms with van der Waals surface area (Å²) in [6, 6.07) is 42.6. The molecule has 0 aliphatic heterocycles. The maximum Gasteiger partial charge on any atom is 0.128 e. The Kier molecular flexibility index (Phi) is 7.12. The maximum absolute atomic E-state index is 11.9.